The van der Waals surface area contributed by atoms with Crippen LogP contribution in [-0.4, -0.2) is 37.3 Å². The van der Waals surface area contributed by atoms with Gasteiger partial charge in [0.25, 0.3) is 0 Å². The van der Waals surface area contributed by atoms with Crippen LogP contribution in [0.1, 0.15) is 24.8 Å². The largest absolute Gasteiger partial charge is 0.573 e. The molecule has 1 N–H and O–H groups in total. The molecule has 1 aliphatic heterocycles. The molecule has 1 aromatic rings. The highest BCUT2D eigenvalue weighted by atomic mass is 19.4. The third-order valence-electron chi connectivity index (χ3n) is 5.02. The van der Waals surface area contributed by atoms with Crippen LogP contribution in [0.3, 0.4) is 0 Å². The van der Waals surface area contributed by atoms with Crippen LogP contribution in [0.2, 0.25) is 0 Å². The molecule has 7 heteroatoms. The average molecular weight is 342 g/mol. The van der Waals surface area contributed by atoms with E-state index in [1.54, 1.807) is 18.0 Å². The maximum absolute atomic E-state index is 12.6. The van der Waals surface area contributed by atoms with Gasteiger partial charge in [0.1, 0.15) is 5.75 Å². The zero-order valence-electron chi connectivity index (χ0n) is 13.5. The fraction of sp³-hybridized carbons (Fsp3) is 0.588. The van der Waals surface area contributed by atoms with Crippen molar-refractivity contribution in [3.8, 4) is 5.75 Å². The molecule has 24 heavy (non-hydrogen) atoms. The Bertz CT molecular complexity index is 612. The number of carbonyl (C=O) groups excluding carboxylic acids is 1. The summed E-state index contributed by atoms with van der Waals surface area (Å²) in [6.45, 7) is 2.17. The number of nitrogens with zero attached hydrogens (tertiary/aromatic N) is 1. The molecule has 0 radical (unpaired) electrons. The lowest BCUT2D eigenvalue weighted by atomic mass is 9.91. The van der Waals surface area contributed by atoms with Crippen molar-refractivity contribution in [1.82, 2.24) is 10.2 Å². The van der Waals surface area contributed by atoms with Crippen LogP contribution in [0.4, 0.5) is 13.2 Å². The molecule has 1 spiro atoms. The predicted octanol–water partition coefficient (Wildman–Crippen LogP) is 2.93. The third kappa shape index (κ3) is 3.83. The van der Waals surface area contributed by atoms with Gasteiger partial charge in [-0.15, -0.1) is 13.2 Å². The third-order valence-corrected chi connectivity index (χ3v) is 5.02. The quantitative estimate of drug-likeness (QED) is 0.915. The first-order valence-corrected chi connectivity index (χ1v) is 8.09. The van der Waals surface area contributed by atoms with Gasteiger partial charge in [0.2, 0.25) is 5.91 Å². The average Bonchev–Trinajstić information content (AvgIpc) is 3.19. The Morgan fingerprint density at radius 1 is 1.38 bits per heavy atom. The summed E-state index contributed by atoms with van der Waals surface area (Å²) >= 11 is 0. The van der Waals surface area contributed by atoms with Gasteiger partial charge in [-0.1, -0.05) is 12.1 Å². The number of benzene rings is 1. The highest BCUT2D eigenvalue weighted by molar-refractivity contribution is 5.82. The van der Waals surface area contributed by atoms with Crippen molar-refractivity contribution in [1.29, 1.82) is 0 Å². The highest BCUT2D eigenvalue weighted by Crippen LogP contribution is 2.59. The van der Waals surface area contributed by atoms with Gasteiger partial charge >= 0.3 is 6.36 Å². The minimum atomic E-state index is -4.71. The van der Waals surface area contributed by atoms with Crippen molar-refractivity contribution in [3.63, 3.8) is 0 Å². The van der Waals surface area contributed by atoms with Gasteiger partial charge < -0.3 is 15.0 Å². The van der Waals surface area contributed by atoms with Crippen LogP contribution >= 0.6 is 0 Å². The number of halogens is 3. The maximum atomic E-state index is 12.6. The molecule has 1 amide bonds. The van der Waals surface area contributed by atoms with Gasteiger partial charge in [-0.2, -0.15) is 0 Å². The zero-order valence-corrected chi connectivity index (χ0v) is 13.5. The van der Waals surface area contributed by atoms with Gasteiger partial charge in [0, 0.05) is 19.5 Å². The van der Waals surface area contributed by atoms with E-state index in [0.29, 0.717) is 5.56 Å². The summed E-state index contributed by atoms with van der Waals surface area (Å²) in [6, 6.07) is 5.77. The Labute approximate surface area is 139 Å². The molecule has 1 saturated carbocycles. The van der Waals surface area contributed by atoms with Crippen LogP contribution in [0.5, 0.6) is 5.75 Å². The number of ether oxygens (including phenoxy) is 1. The second-order valence-electron chi connectivity index (χ2n) is 6.76. The smallest absolute Gasteiger partial charge is 0.406 e. The second kappa shape index (κ2) is 6.27. The zero-order chi connectivity index (χ0) is 17.4. The second-order valence-corrected chi connectivity index (χ2v) is 6.76. The SMILES string of the molecule is CN(Cc1cccc(OC(F)(F)F)c1)C(=O)C1CC12CCNCC2. The standard InChI is InChI=1S/C17H21F3N2O2/c1-22(15(23)14-10-16(14)5-7-21-8-6-16)11-12-3-2-4-13(9-12)24-17(18,19)20/h2-4,9,14,21H,5-8,10-11H2,1H3. The number of hydrogen-bond acceptors (Lipinski definition) is 3. The van der Waals surface area contributed by atoms with E-state index >= 15 is 0 Å². The first-order chi connectivity index (χ1) is 11.3. The van der Waals surface area contributed by atoms with Gasteiger partial charge in [-0.25, -0.2) is 0 Å². The Morgan fingerprint density at radius 3 is 2.75 bits per heavy atom. The minimum Gasteiger partial charge on any atom is -0.406 e. The van der Waals surface area contributed by atoms with E-state index in [-0.39, 0.29) is 29.5 Å². The fourth-order valence-corrected chi connectivity index (χ4v) is 3.63. The number of rotatable bonds is 4. The van der Waals surface area contributed by atoms with E-state index in [0.717, 1.165) is 32.4 Å². The molecular formula is C17H21F3N2O2. The van der Waals surface area contributed by atoms with Crippen LogP contribution in [-0.2, 0) is 11.3 Å². The molecule has 0 bridgehead atoms. The number of hydrogen-bond donors (Lipinski definition) is 1. The number of alkyl halides is 3. The van der Waals surface area contributed by atoms with E-state index < -0.39 is 6.36 Å². The molecule has 3 rings (SSSR count). The number of amides is 1. The normalized spacial score (nSPS) is 22.2. The van der Waals surface area contributed by atoms with Gasteiger partial charge in [0.15, 0.2) is 0 Å². The lowest BCUT2D eigenvalue weighted by Crippen LogP contribution is -2.34. The molecule has 2 aliphatic rings. The van der Waals surface area contributed by atoms with E-state index in [1.165, 1.54) is 18.2 Å². The first kappa shape index (κ1) is 17.1. The summed E-state index contributed by atoms with van der Waals surface area (Å²) in [4.78, 5) is 14.2. The molecule has 1 aromatic carbocycles. The highest BCUT2D eigenvalue weighted by Gasteiger charge is 2.58. The summed E-state index contributed by atoms with van der Waals surface area (Å²) in [6.07, 6.45) is -1.75. The van der Waals surface area contributed by atoms with Crippen molar-refractivity contribution in [2.24, 2.45) is 11.3 Å². The Morgan fingerprint density at radius 2 is 2.08 bits per heavy atom. The predicted molar refractivity (Wildman–Crippen MR) is 82.2 cm³/mol. The minimum absolute atomic E-state index is 0.0548. The van der Waals surface area contributed by atoms with E-state index in [9.17, 15) is 18.0 Å². The molecule has 1 atom stereocenters. The van der Waals surface area contributed by atoms with Crippen molar-refractivity contribution >= 4 is 5.91 Å². The summed E-state index contributed by atoms with van der Waals surface area (Å²) in [5.41, 5.74) is 0.769. The summed E-state index contributed by atoms with van der Waals surface area (Å²) in [7, 11) is 1.70. The van der Waals surface area contributed by atoms with Crippen LogP contribution in [0.15, 0.2) is 24.3 Å². The van der Waals surface area contributed by atoms with Crippen molar-refractivity contribution in [3.05, 3.63) is 29.8 Å². The van der Waals surface area contributed by atoms with E-state index in [2.05, 4.69) is 10.1 Å². The molecule has 132 valence electrons. The molecule has 1 saturated heterocycles. The van der Waals surface area contributed by atoms with Crippen LogP contribution in [0.25, 0.3) is 0 Å². The molecule has 4 nitrogen and oxygen atoms in total. The molecule has 0 aromatic heterocycles. The topological polar surface area (TPSA) is 41.6 Å². The number of carbonyl (C=O) groups is 1. The molecular weight excluding hydrogens is 321 g/mol. The Balaban J connectivity index is 1.60. The summed E-state index contributed by atoms with van der Waals surface area (Å²) < 4.78 is 40.8. The lowest BCUT2D eigenvalue weighted by Gasteiger charge is -2.25. The fourth-order valence-electron chi connectivity index (χ4n) is 3.63. The maximum Gasteiger partial charge on any atom is 0.573 e. The first-order valence-electron chi connectivity index (χ1n) is 8.09. The van der Waals surface area contributed by atoms with Crippen molar-refractivity contribution in [2.45, 2.75) is 32.2 Å². The molecule has 1 heterocycles. The summed E-state index contributed by atoms with van der Waals surface area (Å²) in [5.74, 6) is -0.125. The number of nitrogens with one attached hydrogen (secondary N) is 1. The summed E-state index contributed by atoms with van der Waals surface area (Å²) in [5, 5.41) is 3.30. The molecule has 1 unspecified atom stereocenters. The molecule has 1 aliphatic carbocycles. The Hall–Kier alpha value is -1.76. The number of piperidine rings is 1. The molecule has 2 fully saturated rings. The Kier molecular flexibility index (Phi) is 4.46. The van der Waals surface area contributed by atoms with Gasteiger partial charge in [-0.3, -0.25) is 4.79 Å². The van der Waals surface area contributed by atoms with Crippen molar-refractivity contribution in [2.75, 3.05) is 20.1 Å². The van der Waals surface area contributed by atoms with Crippen molar-refractivity contribution < 1.29 is 22.7 Å². The lowest BCUT2D eigenvalue weighted by molar-refractivity contribution is -0.274. The monoisotopic (exact) mass is 342 g/mol. The van der Waals surface area contributed by atoms with Gasteiger partial charge in [-0.05, 0) is 55.5 Å². The van der Waals surface area contributed by atoms with Crippen LogP contribution in [0, 0.1) is 11.3 Å². The van der Waals surface area contributed by atoms with E-state index in [4.69, 9.17) is 0 Å². The van der Waals surface area contributed by atoms with Gasteiger partial charge in [0.05, 0.1) is 0 Å². The van der Waals surface area contributed by atoms with Crippen LogP contribution < -0.4 is 10.1 Å². The van der Waals surface area contributed by atoms with E-state index in [1.807, 2.05) is 0 Å².